The normalized spacial score (nSPS) is 10.3. The molecular weight excluding hydrogens is 398 g/mol. The van der Waals surface area contributed by atoms with E-state index in [1.54, 1.807) is 48.2 Å². The van der Waals surface area contributed by atoms with Crippen molar-refractivity contribution < 1.29 is 28.7 Å². The van der Waals surface area contributed by atoms with E-state index in [2.05, 4.69) is 4.74 Å². The van der Waals surface area contributed by atoms with E-state index in [4.69, 9.17) is 4.74 Å². The first-order valence-corrected chi connectivity index (χ1v) is 10.2. The van der Waals surface area contributed by atoms with E-state index in [9.17, 15) is 19.2 Å². The lowest BCUT2D eigenvalue weighted by molar-refractivity contribution is -0.135. The number of amides is 1. The fourth-order valence-corrected chi connectivity index (χ4v) is 2.96. The van der Waals surface area contributed by atoms with Crippen LogP contribution in [0.25, 0.3) is 0 Å². The van der Waals surface area contributed by atoms with Crippen molar-refractivity contribution in [1.29, 1.82) is 0 Å². The summed E-state index contributed by atoms with van der Waals surface area (Å²) in [7, 11) is 1.15. The van der Waals surface area contributed by atoms with E-state index in [1.165, 1.54) is 12.1 Å². The van der Waals surface area contributed by atoms with Gasteiger partial charge in [-0.3, -0.25) is 9.59 Å². The Morgan fingerprint density at radius 2 is 1.65 bits per heavy atom. The van der Waals surface area contributed by atoms with Gasteiger partial charge in [0.05, 0.1) is 25.8 Å². The average Bonchev–Trinajstić information content (AvgIpc) is 2.80. The number of ketones is 1. The van der Waals surface area contributed by atoms with Crippen LogP contribution < -0.4 is 4.90 Å². The predicted molar refractivity (Wildman–Crippen MR) is 116 cm³/mol. The molecule has 7 heteroatoms. The number of ether oxygens (including phenoxy) is 2. The lowest BCUT2D eigenvalue weighted by Gasteiger charge is -2.24. The fourth-order valence-electron chi connectivity index (χ4n) is 2.96. The molecule has 0 saturated heterocycles. The number of Topliss-reactive ketones (excluding diaryl/α,β-unsaturated/α-hetero) is 1. The Morgan fingerprint density at radius 3 is 2.26 bits per heavy atom. The van der Waals surface area contributed by atoms with Crippen molar-refractivity contribution in [1.82, 2.24) is 0 Å². The summed E-state index contributed by atoms with van der Waals surface area (Å²) >= 11 is 0. The van der Waals surface area contributed by atoms with Gasteiger partial charge in [-0.25, -0.2) is 9.59 Å². The molecule has 0 saturated carbocycles. The second-order valence-corrected chi connectivity index (χ2v) is 6.87. The fraction of sp³-hybridized carbons (Fsp3) is 0.333. The SMILES string of the molecule is CCCCC(=O)N(Cc1ccc(C(=O)C(=O)OC)cc1)c1cccc(C(=O)OCC)c1. The van der Waals surface area contributed by atoms with Crippen LogP contribution in [0.5, 0.6) is 0 Å². The molecule has 2 aromatic carbocycles. The van der Waals surface area contributed by atoms with E-state index in [1.807, 2.05) is 6.92 Å². The van der Waals surface area contributed by atoms with Gasteiger partial charge >= 0.3 is 11.9 Å². The van der Waals surface area contributed by atoms with Gasteiger partial charge in [0.15, 0.2) is 0 Å². The molecule has 2 rings (SSSR count). The summed E-state index contributed by atoms with van der Waals surface area (Å²) < 4.78 is 9.52. The number of hydrogen-bond acceptors (Lipinski definition) is 6. The highest BCUT2D eigenvalue weighted by Crippen LogP contribution is 2.22. The highest BCUT2D eigenvalue weighted by Gasteiger charge is 2.19. The quantitative estimate of drug-likeness (QED) is 0.325. The molecule has 0 aliphatic heterocycles. The average molecular weight is 425 g/mol. The van der Waals surface area contributed by atoms with Crippen LogP contribution in [-0.4, -0.2) is 37.3 Å². The van der Waals surface area contributed by atoms with Gasteiger partial charge in [-0.2, -0.15) is 0 Å². The molecular formula is C24H27NO6. The van der Waals surface area contributed by atoms with E-state index in [0.717, 1.165) is 25.5 Å². The highest BCUT2D eigenvalue weighted by atomic mass is 16.5. The maximum absolute atomic E-state index is 12.9. The Balaban J connectivity index is 2.30. The van der Waals surface area contributed by atoms with E-state index in [-0.39, 0.29) is 24.6 Å². The number of unbranched alkanes of at least 4 members (excludes halogenated alkanes) is 1. The van der Waals surface area contributed by atoms with Gasteiger partial charge < -0.3 is 14.4 Å². The van der Waals surface area contributed by atoms with Crippen molar-refractivity contribution in [2.45, 2.75) is 39.7 Å². The Morgan fingerprint density at radius 1 is 0.935 bits per heavy atom. The van der Waals surface area contributed by atoms with Gasteiger partial charge in [0.25, 0.3) is 5.78 Å². The number of anilines is 1. The molecule has 2 aromatic rings. The third kappa shape index (κ3) is 6.50. The lowest BCUT2D eigenvalue weighted by Crippen LogP contribution is -2.30. The van der Waals surface area contributed by atoms with Gasteiger partial charge in [-0.15, -0.1) is 0 Å². The first kappa shape index (κ1) is 23.8. The molecule has 0 spiro atoms. The summed E-state index contributed by atoms with van der Waals surface area (Å²) in [5, 5.41) is 0. The van der Waals surface area contributed by atoms with Crippen molar-refractivity contribution in [2.75, 3.05) is 18.6 Å². The molecule has 7 nitrogen and oxygen atoms in total. The molecule has 0 aliphatic carbocycles. The second kappa shape index (κ2) is 11.6. The summed E-state index contributed by atoms with van der Waals surface area (Å²) in [5.74, 6) is -2.18. The minimum absolute atomic E-state index is 0.0717. The van der Waals surface area contributed by atoms with Crippen LogP contribution >= 0.6 is 0 Å². The number of benzene rings is 2. The summed E-state index contributed by atoms with van der Waals surface area (Å²) in [4.78, 5) is 50.0. The molecule has 0 bridgehead atoms. The van der Waals surface area contributed by atoms with Crippen LogP contribution in [0.2, 0.25) is 0 Å². The first-order valence-electron chi connectivity index (χ1n) is 10.2. The van der Waals surface area contributed by atoms with Crippen LogP contribution in [0.1, 0.15) is 59.4 Å². The molecule has 0 atom stereocenters. The third-order valence-corrected chi connectivity index (χ3v) is 4.64. The van der Waals surface area contributed by atoms with Crippen molar-refractivity contribution in [2.24, 2.45) is 0 Å². The molecule has 164 valence electrons. The molecule has 0 aliphatic rings. The second-order valence-electron chi connectivity index (χ2n) is 6.87. The molecule has 0 aromatic heterocycles. The maximum atomic E-state index is 12.9. The molecule has 0 fully saturated rings. The van der Waals surface area contributed by atoms with Crippen LogP contribution in [-0.2, 0) is 25.6 Å². The Kier molecular flexibility index (Phi) is 8.94. The van der Waals surface area contributed by atoms with Crippen molar-refractivity contribution in [3.63, 3.8) is 0 Å². The summed E-state index contributed by atoms with van der Waals surface area (Å²) in [6.07, 6.45) is 2.01. The molecule has 0 unspecified atom stereocenters. The zero-order chi connectivity index (χ0) is 22.8. The largest absolute Gasteiger partial charge is 0.463 e. The van der Waals surface area contributed by atoms with E-state index in [0.29, 0.717) is 17.7 Å². The number of carbonyl (C=O) groups excluding carboxylic acids is 4. The monoisotopic (exact) mass is 425 g/mol. The van der Waals surface area contributed by atoms with Crippen molar-refractivity contribution in [3.8, 4) is 0 Å². The van der Waals surface area contributed by atoms with Crippen molar-refractivity contribution >= 4 is 29.3 Å². The number of rotatable bonds is 10. The van der Waals surface area contributed by atoms with Gasteiger partial charge in [0.2, 0.25) is 5.91 Å². The Hall–Kier alpha value is -3.48. The number of carbonyl (C=O) groups is 4. The van der Waals surface area contributed by atoms with Crippen LogP contribution in [0.3, 0.4) is 0 Å². The maximum Gasteiger partial charge on any atom is 0.379 e. The summed E-state index contributed by atoms with van der Waals surface area (Å²) in [5.41, 5.74) is 1.93. The molecule has 0 heterocycles. The third-order valence-electron chi connectivity index (χ3n) is 4.64. The number of esters is 2. The summed E-state index contributed by atoms with van der Waals surface area (Å²) in [6, 6.07) is 13.2. The smallest absolute Gasteiger partial charge is 0.379 e. The zero-order valence-corrected chi connectivity index (χ0v) is 18.1. The van der Waals surface area contributed by atoms with Gasteiger partial charge in [0.1, 0.15) is 0 Å². The van der Waals surface area contributed by atoms with E-state index >= 15 is 0 Å². The van der Waals surface area contributed by atoms with Crippen LogP contribution in [0.15, 0.2) is 48.5 Å². The Bertz CT molecular complexity index is 935. The van der Waals surface area contributed by atoms with Crippen LogP contribution in [0.4, 0.5) is 5.69 Å². The summed E-state index contributed by atoms with van der Waals surface area (Å²) in [6.45, 7) is 4.26. The minimum atomic E-state index is -0.931. The minimum Gasteiger partial charge on any atom is -0.463 e. The van der Waals surface area contributed by atoms with Gasteiger partial charge in [-0.1, -0.05) is 43.7 Å². The topological polar surface area (TPSA) is 90.0 Å². The predicted octanol–water partition coefficient (Wildman–Crippen LogP) is 3.94. The molecule has 31 heavy (non-hydrogen) atoms. The zero-order valence-electron chi connectivity index (χ0n) is 18.1. The standard InChI is InChI=1S/C24H27NO6/c1-4-6-10-21(26)25(20-9-7-8-19(15-20)23(28)31-5-2)16-17-11-13-18(14-12-17)22(27)24(29)30-3/h7-9,11-15H,4-6,10,16H2,1-3H3. The van der Waals surface area contributed by atoms with Crippen molar-refractivity contribution in [3.05, 3.63) is 65.2 Å². The van der Waals surface area contributed by atoms with Gasteiger partial charge in [0, 0.05) is 17.7 Å². The Labute approximate surface area is 182 Å². The van der Waals surface area contributed by atoms with Gasteiger partial charge in [-0.05, 0) is 37.1 Å². The number of hydrogen-bond donors (Lipinski definition) is 0. The molecule has 0 N–H and O–H groups in total. The molecule has 1 amide bonds. The van der Waals surface area contributed by atoms with E-state index < -0.39 is 17.7 Å². The number of methoxy groups -OCH3 is 1. The number of nitrogens with zero attached hydrogens (tertiary/aromatic N) is 1. The molecule has 0 radical (unpaired) electrons. The first-order chi connectivity index (χ1) is 14.9. The lowest BCUT2D eigenvalue weighted by atomic mass is 10.1. The highest BCUT2D eigenvalue weighted by molar-refractivity contribution is 6.40. The van der Waals surface area contributed by atoms with Crippen LogP contribution in [0, 0.1) is 0 Å².